The molecule has 0 radical (unpaired) electrons. The molecule has 1 N–H and O–H groups in total. The molecule has 1 saturated carbocycles. The molecular weight excluding hydrogens is 218 g/mol. The summed E-state index contributed by atoms with van der Waals surface area (Å²) in [5, 5.41) is 4.46. The summed E-state index contributed by atoms with van der Waals surface area (Å²) in [5.41, 5.74) is 1.38. The van der Waals surface area contributed by atoms with E-state index in [4.69, 9.17) is 11.6 Å². The van der Waals surface area contributed by atoms with Gasteiger partial charge in [0.2, 0.25) is 0 Å². The van der Waals surface area contributed by atoms with Crippen molar-refractivity contribution < 1.29 is 0 Å². The highest BCUT2D eigenvalue weighted by Crippen LogP contribution is 2.37. The van der Waals surface area contributed by atoms with E-state index in [-0.39, 0.29) is 0 Å². The number of rotatable bonds is 6. The van der Waals surface area contributed by atoms with Crippen molar-refractivity contribution in [2.45, 2.75) is 38.6 Å². The van der Waals surface area contributed by atoms with Crippen molar-refractivity contribution in [1.29, 1.82) is 0 Å². The largest absolute Gasteiger partial charge is 0.310 e. The standard InChI is InChI=1S/C14H20ClN/c1-2-9-16-14(10-11-3-4-11)12-5-7-13(15)8-6-12/h5-8,11,14,16H,2-4,9-10H2,1H3. The second-order valence-corrected chi connectivity index (χ2v) is 5.17. The molecule has 1 fully saturated rings. The van der Waals surface area contributed by atoms with Gasteiger partial charge in [0.15, 0.2) is 0 Å². The Morgan fingerprint density at radius 2 is 2.00 bits per heavy atom. The zero-order valence-electron chi connectivity index (χ0n) is 9.88. The Morgan fingerprint density at radius 1 is 1.31 bits per heavy atom. The summed E-state index contributed by atoms with van der Waals surface area (Å²) in [6.45, 7) is 3.31. The molecule has 1 aromatic rings. The van der Waals surface area contributed by atoms with Gasteiger partial charge in [0.05, 0.1) is 0 Å². The van der Waals surface area contributed by atoms with Crippen molar-refractivity contribution in [3.8, 4) is 0 Å². The zero-order valence-corrected chi connectivity index (χ0v) is 10.6. The van der Waals surface area contributed by atoms with Gasteiger partial charge in [-0.05, 0) is 43.0 Å². The number of nitrogens with one attached hydrogen (secondary N) is 1. The highest BCUT2D eigenvalue weighted by molar-refractivity contribution is 6.30. The molecule has 0 heterocycles. The minimum absolute atomic E-state index is 0.518. The molecule has 1 aliphatic rings. The summed E-state index contributed by atoms with van der Waals surface area (Å²) in [6, 6.07) is 8.80. The van der Waals surface area contributed by atoms with Crippen LogP contribution in [0.4, 0.5) is 0 Å². The Kier molecular flexibility index (Phi) is 4.25. The molecule has 1 aliphatic carbocycles. The summed E-state index contributed by atoms with van der Waals surface area (Å²) in [4.78, 5) is 0. The van der Waals surface area contributed by atoms with Gasteiger partial charge >= 0.3 is 0 Å². The molecule has 2 rings (SSSR count). The molecule has 16 heavy (non-hydrogen) atoms. The Labute approximate surface area is 103 Å². The molecule has 0 saturated heterocycles. The van der Waals surface area contributed by atoms with Gasteiger partial charge in [0.25, 0.3) is 0 Å². The monoisotopic (exact) mass is 237 g/mol. The Morgan fingerprint density at radius 3 is 2.56 bits per heavy atom. The average Bonchev–Trinajstić information content (AvgIpc) is 3.09. The van der Waals surface area contributed by atoms with E-state index in [0.717, 1.165) is 17.5 Å². The SMILES string of the molecule is CCCNC(CC1CC1)c1ccc(Cl)cc1. The van der Waals surface area contributed by atoms with Crippen molar-refractivity contribution in [2.24, 2.45) is 5.92 Å². The number of hydrogen-bond donors (Lipinski definition) is 1. The van der Waals surface area contributed by atoms with Gasteiger partial charge in [-0.3, -0.25) is 0 Å². The van der Waals surface area contributed by atoms with Gasteiger partial charge in [0.1, 0.15) is 0 Å². The fourth-order valence-electron chi connectivity index (χ4n) is 2.04. The van der Waals surface area contributed by atoms with Crippen molar-refractivity contribution in [3.63, 3.8) is 0 Å². The van der Waals surface area contributed by atoms with Crippen LogP contribution in [0.3, 0.4) is 0 Å². The van der Waals surface area contributed by atoms with Crippen LogP contribution >= 0.6 is 11.6 Å². The van der Waals surface area contributed by atoms with Gasteiger partial charge in [0, 0.05) is 11.1 Å². The van der Waals surface area contributed by atoms with E-state index < -0.39 is 0 Å². The molecular formula is C14H20ClN. The zero-order chi connectivity index (χ0) is 11.4. The predicted molar refractivity (Wildman–Crippen MR) is 69.8 cm³/mol. The van der Waals surface area contributed by atoms with E-state index in [0.29, 0.717) is 6.04 Å². The molecule has 2 heteroatoms. The minimum Gasteiger partial charge on any atom is -0.310 e. The molecule has 0 aromatic heterocycles. The Hall–Kier alpha value is -0.530. The van der Waals surface area contributed by atoms with Gasteiger partial charge in [-0.2, -0.15) is 0 Å². The summed E-state index contributed by atoms with van der Waals surface area (Å²) in [5.74, 6) is 0.949. The third-order valence-corrected chi connectivity index (χ3v) is 3.43. The fraction of sp³-hybridized carbons (Fsp3) is 0.571. The van der Waals surface area contributed by atoms with Crippen LogP contribution in [0, 0.1) is 5.92 Å². The van der Waals surface area contributed by atoms with Crippen molar-refractivity contribution in [1.82, 2.24) is 5.32 Å². The maximum Gasteiger partial charge on any atom is 0.0406 e. The lowest BCUT2D eigenvalue weighted by Crippen LogP contribution is -2.22. The van der Waals surface area contributed by atoms with E-state index in [1.165, 1.54) is 31.2 Å². The molecule has 1 unspecified atom stereocenters. The van der Waals surface area contributed by atoms with Crippen LogP contribution in [0.1, 0.15) is 44.2 Å². The highest BCUT2D eigenvalue weighted by Gasteiger charge is 2.25. The Bertz CT molecular complexity index is 316. The molecule has 0 amide bonds. The first-order valence-corrected chi connectivity index (χ1v) is 6.66. The first-order valence-electron chi connectivity index (χ1n) is 6.28. The van der Waals surface area contributed by atoms with E-state index in [2.05, 4.69) is 24.4 Å². The average molecular weight is 238 g/mol. The van der Waals surface area contributed by atoms with Crippen LogP contribution in [-0.2, 0) is 0 Å². The molecule has 0 bridgehead atoms. The van der Waals surface area contributed by atoms with E-state index in [1.807, 2.05) is 12.1 Å². The van der Waals surface area contributed by atoms with Gasteiger partial charge < -0.3 is 5.32 Å². The van der Waals surface area contributed by atoms with Gasteiger partial charge in [-0.15, -0.1) is 0 Å². The smallest absolute Gasteiger partial charge is 0.0406 e. The van der Waals surface area contributed by atoms with Crippen LogP contribution in [0.2, 0.25) is 5.02 Å². The number of hydrogen-bond acceptors (Lipinski definition) is 1. The molecule has 88 valence electrons. The highest BCUT2D eigenvalue weighted by atomic mass is 35.5. The fourth-order valence-corrected chi connectivity index (χ4v) is 2.16. The van der Waals surface area contributed by atoms with Gasteiger partial charge in [-0.1, -0.05) is 43.5 Å². The van der Waals surface area contributed by atoms with Crippen LogP contribution in [-0.4, -0.2) is 6.54 Å². The summed E-state index contributed by atoms with van der Waals surface area (Å²) >= 11 is 5.92. The van der Waals surface area contributed by atoms with E-state index in [1.54, 1.807) is 0 Å². The molecule has 1 atom stereocenters. The predicted octanol–water partition coefficient (Wildman–Crippen LogP) is 4.18. The van der Waals surface area contributed by atoms with Crippen LogP contribution < -0.4 is 5.32 Å². The normalized spacial score (nSPS) is 17.4. The lowest BCUT2D eigenvalue weighted by atomic mass is 10.0. The van der Waals surface area contributed by atoms with Gasteiger partial charge in [-0.25, -0.2) is 0 Å². The van der Waals surface area contributed by atoms with Crippen molar-refractivity contribution >= 4 is 11.6 Å². The molecule has 1 aromatic carbocycles. The summed E-state index contributed by atoms with van der Waals surface area (Å²) < 4.78 is 0. The van der Waals surface area contributed by atoms with Crippen LogP contribution in [0.5, 0.6) is 0 Å². The molecule has 1 nitrogen and oxygen atoms in total. The summed E-state index contributed by atoms with van der Waals surface area (Å²) in [6.07, 6.45) is 5.30. The van der Waals surface area contributed by atoms with Crippen molar-refractivity contribution in [2.75, 3.05) is 6.54 Å². The molecule has 0 spiro atoms. The lowest BCUT2D eigenvalue weighted by Gasteiger charge is -2.18. The third kappa shape index (κ3) is 3.50. The van der Waals surface area contributed by atoms with E-state index >= 15 is 0 Å². The second-order valence-electron chi connectivity index (χ2n) is 4.74. The maximum absolute atomic E-state index is 5.92. The molecule has 0 aliphatic heterocycles. The second kappa shape index (κ2) is 5.70. The topological polar surface area (TPSA) is 12.0 Å². The Balaban J connectivity index is 2.00. The van der Waals surface area contributed by atoms with Crippen LogP contribution in [0.15, 0.2) is 24.3 Å². The van der Waals surface area contributed by atoms with Crippen LogP contribution in [0.25, 0.3) is 0 Å². The first-order chi connectivity index (χ1) is 7.79. The number of halogens is 1. The lowest BCUT2D eigenvalue weighted by molar-refractivity contribution is 0.474. The number of benzene rings is 1. The third-order valence-electron chi connectivity index (χ3n) is 3.18. The minimum atomic E-state index is 0.518. The first kappa shape index (κ1) is 11.9. The summed E-state index contributed by atoms with van der Waals surface area (Å²) in [7, 11) is 0. The quantitative estimate of drug-likeness (QED) is 0.783. The maximum atomic E-state index is 5.92. The van der Waals surface area contributed by atoms with Crippen molar-refractivity contribution in [3.05, 3.63) is 34.9 Å². The van der Waals surface area contributed by atoms with E-state index in [9.17, 15) is 0 Å².